The first-order chi connectivity index (χ1) is 10.0. The van der Waals surface area contributed by atoms with E-state index < -0.39 is 0 Å². The number of carbonyl (C=O) groups is 1. The number of hydrogen-bond acceptors (Lipinski definition) is 5. The van der Waals surface area contributed by atoms with Crippen LogP contribution in [0.3, 0.4) is 0 Å². The summed E-state index contributed by atoms with van der Waals surface area (Å²) in [5, 5.41) is 9.94. The minimum Gasteiger partial charge on any atom is -0.506 e. The maximum Gasteiger partial charge on any atom is 0.313 e. The molecule has 1 N–H and O–H groups in total. The molecule has 2 atom stereocenters. The van der Waals surface area contributed by atoms with E-state index in [0.717, 1.165) is 31.5 Å². The van der Waals surface area contributed by atoms with Gasteiger partial charge in [-0.25, -0.2) is 0 Å². The SMILES string of the molecule is COC(=O)[C@@]12CCC[C@@H]1CN(Cc1nc(C)ccc1O)C2. The van der Waals surface area contributed by atoms with Gasteiger partial charge in [0, 0.05) is 25.3 Å². The summed E-state index contributed by atoms with van der Waals surface area (Å²) in [5.74, 6) is 0.524. The lowest BCUT2D eigenvalue weighted by molar-refractivity contribution is -0.153. The van der Waals surface area contributed by atoms with E-state index in [9.17, 15) is 9.90 Å². The monoisotopic (exact) mass is 290 g/mol. The Balaban J connectivity index is 1.78. The van der Waals surface area contributed by atoms with Gasteiger partial charge in [0.2, 0.25) is 0 Å². The third kappa shape index (κ3) is 2.39. The van der Waals surface area contributed by atoms with E-state index in [0.29, 0.717) is 24.7 Å². The Labute approximate surface area is 124 Å². The number of rotatable bonds is 3. The van der Waals surface area contributed by atoms with Crippen LogP contribution >= 0.6 is 0 Å². The van der Waals surface area contributed by atoms with E-state index in [-0.39, 0.29) is 17.1 Å². The standard InChI is InChI=1S/C16H22N2O3/c1-11-5-6-14(19)13(17-11)9-18-8-12-4-3-7-16(12,10-18)15(20)21-2/h5-6,12,19H,3-4,7-10H2,1-2H3/t12-,16-/m1/s1. The van der Waals surface area contributed by atoms with Crippen molar-refractivity contribution >= 4 is 5.97 Å². The first kappa shape index (κ1) is 14.3. The van der Waals surface area contributed by atoms with Crippen LogP contribution in [0.25, 0.3) is 0 Å². The number of aromatic hydroxyl groups is 1. The molecule has 5 nitrogen and oxygen atoms in total. The van der Waals surface area contributed by atoms with E-state index in [1.54, 1.807) is 12.1 Å². The Morgan fingerprint density at radius 3 is 3.14 bits per heavy atom. The van der Waals surface area contributed by atoms with Gasteiger partial charge >= 0.3 is 5.97 Å². The Kier molecular flexibility index (Phi) is 3.61. The van der Waals surface area contributed by atoms with E-state index in [1.807, 2.05) is 6.92 Å². The van der Waals surface area contributed by atoms with Gasteiger partial charge in [-0.2, -0.15) is 0 Å². The molecule has 3 rings (SSSR count). The molecule has 0 unspecified atom stereocenters. The molecule has 5 heteroatoms. The van der Waals surface area contributed by atoms with Crippen molar-refractivity contribution in [2.45, 2.75) is 32.7 Å². The highest BCUT2D eigenvalue weighted by Crippen LogP contribution is 2.49. The first-order valence-corrected chi connectivity index (χ1v) is 7.51. The summed E-state index contributed by atoms with van der Waals surface area (Å²) in [7, 11) is 1.48. The molecule has 2 aliphatic rings. The average molecular weight is 290 g/mol. The van der Waals surface area contributed by atoms with Crippen molar-refractivity contribution in [2.24, 2.45) is 11.3 Å². The molecule has 114 valence electrons. The second kappa shape index (κ2) is 5.30. The van der Waals surface area contributed by atoms with Crippen LogP contribution in [0.5, 0.6) is 5.75 Å². The van der Waals surface area contributed by atoms with Crippen LogP contribution < -0.4 is 0 Å². The number of likely N-dealkylation sites (tertiary alicyclic amines) is 1. The summed E-state index contributed by atoms with van der Waals surface area (Å²) in [5.41, 5.74) is 1.24. The lowest BCUT2D eigenvalue weighted by atomic mass is 9.81. The molecule has 1 aromatic rings. The van der Waals surface area contributed by atoms with Gasteiger partial charge in [0.05, 0.1) is 18.2 Å². The van der Waals surface area contributed by atoms with Crippen LogP contribution in [0.15, 0.2) is 12.1 Å². The van der Waals surface area contributed by atoms with Crippen LogP contribution in [0.4, 0.5) is 0 Å². The van der Waals surface area contributed by atoms with Gasteiger partial charge in [0.1, 0.15) is 5.75 Å². The van der Waals surface area contributed by atoms with Gasteiger partial charge in [-0.3, -0.25) is 14.7 Å². The Hall–Kier alpha value is -1.62. The molecule has 0 amide bonds. The average Bonchev–Trinajstić information content (AvgIpc) is 2.99. The van der Waals surface area contributed by atoms with Gasteiger partial charge in [-0.15, -0.1) is 0 Å². The van der Waals surface area contributed by atoms with Crippen molar-refractivity contribution in [3.05, 3.63) is 23.5 Å². The van der Waals surface area contributed by atoms with Crippen LogP contribution in [0.1, 0.15) is 30.7 Å². The van der Waals surface area contributed by atoms with Crippen molar-refractivity contribution in [1.29, 1.82) is 0 Å². The minimum absolute atomic E-state index is 0.0751. The number of aromatic nitrogens is 1. The summed E-state index contributed by atoms with van der Waals surface area (Å²) in [4.78, 5) is 18.9. The number of methoxy groups -OCH3 is 1. The highest BCUT2D eigenvalue weighted by molar-refractivity contribution is 5.78. The fraction of sp³-hybridized carbons (Fsp3) is 0.625. The molecule has 0 aromatic carbocycles. The Morgan fingerprint density at radius 1 is 1.57 bits per heavy atom. The van der Waals surface area contributed by atoms with Gasteiger partial charge in [-0.1, -0.05) is 6.42 Å². The van der Waals surface area contributed by atoms with Crippen LogP contribution in [0.2, 0.25) is 0 Å². The topological polar surface area (TPSA) is 62.7 Å². The van der Waals surface area contributed by atoms with Crippen molar-refractivity contribution in [3.63, 3.8) is 0 Å². The molecule has 0 spiro atoms. The minimum atomic E-state index is -0.339. The smallest absolute Gasteiger partial charge is 0.313 e. The predicted molar refractivity (Wildman–Crippen MR) is 77.7 cm³/mol. The summed E-state index contributed by atoms with van der Waals surface area (Å²) in [6, 6.07) is 3.48. The summed E-state index contributed by atoms with van der Waals surface area (Å²) in [6.07, 6.45) is 3.09. The first-order valence-electron chi connectivity index (χ1n) is 7.51. The van der Waals surface area contributed by atoms with E-state index in [2.05, 4.69) is 9.88 Å². The molecule has 1 aliphatic heterocycles. The fourth-order valence-corrected chi connectivity index (χ4v) is 3.98. The zero-order valence-corrected chi connectivity index (χ0v) is 12.6. The quantitative estimate of drug-likeness (QED) is 0.861. The summed E-state index contributed by atoms with van der Waals surface area (Å²) >= 11 is 0. The summed E-state index contributed by atoms with van der Waals surface area (Å²) < 4.78 is 5.05. The molecule has 2 heterocycles. The predicted octanol–water partition coefficient (Wildman–Crippen LogP) is 1.87. The third-order valence-corrected chi connectivity index (χ3v) is 5.00. The number of ether oxygens (including phenoxy) is 1. The molecule has 0 bridgehead atoms. The molecule has 2 fully saturated rings. The van der Waals surface area contributed by atoms with Crippen molar-refractivity contribution in [3.8, 4) is 5.75 Å². The number of carbonyl (C=O) groups excluding carboxylic acids is 1. The molecule has 1 saturated carbocycles. The molecule has 1 aliphatic carbocycles. The highest BCUT2D eigenvalue weighted by atomic mass is 16.5. The number of hydrogen-bond donors (Lipinski definition) is 1. The second-order valence-electron chi connectivity index (χ2n) is 6.32. The summed E-state index contributed by atoms with van der Waals surface area (Å²) in [6.45, 7) is 4.09. The molecule has 1 saturated heterocycles. The molecular formula is C16H22N2O3. The Bertz CT molecular complexity index is 560. The number of nitrogens with zero attached hydrogens (tertiary/aromatic N) is 2. The van der Waals surface area contributed by atoms with Gasteiger partial charge in [0.25, 0.3) is 0 Å². The number of aryl methyl sites for hydroxylation is 1. The van der Waals surface area contributed by atoms with Gasteiger partial charge < -0.3 is 9.84 Å². The lowest BCUT2D eigenvalue weighted by Gasteiger charge is -2.25. The van der Waals surface area contributed by atoms with Gasteiger partial charge in [0.15, 0.2) is 0 Å². The highest BCUT2D eigenvalue weighted by Gasteiger charge is 2.55. The van der Waals surface area contributed by atoms with Gasteiger partial charge in [-0.05, 0) is 37.8 Å². The lowest BCUT2D eigenvalue weighted by Crippen LogP contribution is -2.36. The van der Waals surface area contributed by atoms with Crippen LogP contribution in [-0.4, -0.2) is 41.2 Å². The van der Waals surface area contributed by atoms with Crippen molar-refractivity contribution in [2.75, 3.05) is 20.2 Å². The zero-order chi connectivity index (χ0) is 15.0. The van der Waals surface area contributed by atoms with Crippen LogP contribution in [-0.2, 0) is 16.1 Å². The second-order valence-corrected chi connectivity index (χ2v) is 6.32. The largest absolute Gasteiger partial charge is 0.506 e. The zero-order valence-electron chi connectivity index (χ0n) is 12.6. The third-order valence-electron chi connectivity index (χ3n) is 5.00. The molecule has 21 heavy (non-hydrogen) atoms. The van der Waals surface area contributed by atoms with E-state index in [4.69, 9.17) is 4.74 Å². The maximum absolute atomic E-state index is 12.2. The fourth-order valence-electron chi connectivity index (χ4n) is 3.98. The normalized spacial score (nSPS) is 28.6. The van der Waals surface area contributed by atoms with Crippen molar-refractivity contribution in [1.82, 2.24) is 9.88 Å². The molecule has 1 aromatic heterocycles. The van der Waals surface area contributed by atoms with E-state index in [1.165, 1.54) is 7.11 Å². The Morgan fingerprint density at radius 2 is 2.38 bits per heavy atom. The number of fused-ring (bicyclic) bond motifs is 1. The van der Waals surface area contributed by atoms with Crippen LogP contribution in [0, 0.1) is 18.3 Å². The molecular weight excluding hydrogens is 268 g/mol. The van der Waals surface area contributed by atoms with E-state index >= 15 is 0 Å². The molecule has 0 radical (unpaired) electrons. The van der Waals surface area contributed by atoms with Crippen molar-refractivity contribution < 1.29 is 14.6 Å². The number of pyridine rings is 1. The maximum atomic E-state index is 12.2. The number of esters is 1.